The molecule has 0 saturated carbocycles. The third-order valence-electron chi connectivity index (χ3n) is 2.72. The van der Waals surface area contributed by atoms with Crippen LogP contribution in [0.2, 0.25) is 0 Å². The number of anilines is 2. The van der Waals surface area contributed by atoms with Crippen LogP contribution in [0.3, 0.4) is 0 Å². The summed E-state index contributed by atoms with van der Waals surface area (Å²) in [5, 5.41) is 11.5. The number of rotatable bonds is 3. The molecule has 0 fully saturated rings. The summed E-state index contributed by atoms with van der Waals surface area (Å²) in [6, 6.07) is 9.11. The minimum absolute atomic E-state index is 0.170. The number of nitrogens with one attached hydrogen (secondary N) is 1. The van der Waals surface area contributed by atoms with Crippen molar-refractivity contribution in [2.45, 2.75) is 0 Å². The molecule has 0 unspecified atom stereocenters. The van der Waals surface area contributed by atoms with Gasteiger partial charge in [-0.1, -0.05) is 0 Å². The van der Waals surface area contributed by atoms with Crippen LogP contribution < -0.4 is 10.2 Å². The summed E-state index contributed by atoms with van der Waals surface area (Å²) in [4.78, 5) is 28.1. The van der Waals surface area contributed by atoms with Gasteiger partial charge in [-0.25, -0.2) is 9.59 Å². The highest BCUT2D eigenvalue weighted by Gasteiger charge is 2.11. The van der Waals surface area contributed by atoms with Gasteiger partial charge in [0, 0.05) is 18.9 Å². The molecule has 2 rings (SSSR count). The van der Waals surface area contributed by atoms with Crippen LogP contribution in [0.4, 0.5) is 16.2 Å². The van der Waals surface area contributed by atoms with E-state index in [9.17, 15) is 9.59 Å². The number of carbonyl (C=O) groups is 2. The lowest BCUT2D eigenvalue weighted by Crippen LogP contribution is -2.31. The predicted octanol–water partition coefficient (Wildman–Crippen LogP) is 2.45. The Kier molecular flexibility index (Phi) is 3.95. The summed E-state index contributed by atoms with van der Waals surface area (Å²) in [6.45, 7) is 0. The number of hydrogen-bond acceptors (Lipinski definition) is 3. The average molecular weight is 271 g/mol. The van der Waals surface area contributed by atoms with Crippen molar-refractivity contribution in [3.05, 3.63) is 54.4 Å². The van der Waals surface area contributed by atoms with Gasteiger partial charge >= 0.3 is 12.0 Å². The molecule has 6 nitrogen and oxygen atoms in total. The van der Waals surface area contributed by atoms with Crippen LogP contribution in [-0.2, 0) is 0 Å². The van der Waals surface area contributed by atoms with Gasteiger partial charge in [-0.2, -0.15) is 0 Å². The second-order valence-corrected chi connectivity index (χ2v) is 4.08. The highest BCUT2D eigenvalue weighted by atomic mass is 16.4. The number of aromatic carboxylic acids is 1. The number of pyridine rings is 1. The van der Waals surface area contributed by atoms with Crippen LogP contribution in [0.5, 0.6) is 0 Å². The maximum Gasteiger partial charge on any atom is 0.335 e. The monoisotopic (exact) mass is 271 g/mol. The normalized spacial score (nSPS) is 9.85. The first-order valence-electron chi connectivity index (χ1n) is 5.86. The van der Waals surface area contributed by atoms with E-state index in [2.05, 4.69) is 10.3 Å². The molecule has 1 aromatic heterocycles. The zero-order chi connectivity index (χ0) is 14.5. The van der Waals surface area contributed by atoms with Gasteiger partial charge in [-0.3, -0.25) is 9.88 Å². The summed E-state index contributed by atoms with van der Waals surface area (Å²) in [5.41, 5.74) is 1.35. The number of hydrogen-bond donors (Lipinski definition) is 2. The second-order valence-electron chi connectivity index (χ2n) is 4.08. The van der Waals surface area contributed by atoms with E-state index in [1.54, 1.807) is 43.7 Å². The van der Waals surface area contributed by atoms with Gasteiger partial charge in [-0.05, 0) is 36.4 Å². The number of carbonyl (C=O) groups excluding carboxylic acids is 1. The smallest absolute Gasteiger partial charge is 0.335 e. The largest absolute Gasteiger partial charge is 0.478 e. The molecule has 0 saturated heterocycles. The topological polar surface area (TPSA) is 82.5 Å². The molecule has 2 aromatic rings. The molecule has 0 aliphatic carbocycles. The molecule has 1 aromatic carbocycles. The zero-order valence-electron chi connectivity index (χ0n) is 10.8. The van der Waals surface area contributed by atoms with Gasteiger partial charge in [-0.15, -0.1) is 0 Å². The molecule has 0 aliphatic heterocycles. The number of nitrogens with zero attached hydrogens (tertiary/aromatic N) is 2. The molecule has 0 atom stereocenters. The van der Waals surface area contributed by atoms with Crippen LogP contribution in [0, 0.1) is 0 Å². The predicted molar refractivity (Wildman–Crippen MR) is 75.1 cm³/mol. The first-order valence-corrected chi connectivity index (χ1v) is 5.86. The molecule has 1 heterocycles. The lowest BCUT2D eigenvalue weighted by molar-refractivity contribution is 0.0697. The Morgan fingerprint density at radius 1 is 1.20 bits per heavy atom. The van der Waals surface area contributed by atoms with Gasteiger partial charge in [0.05, 0.1) is 17.4 Å². The Hall–Kier alpha value is -2.89. The first kappa shape index (κ1) is 13.5. The van der Waals surface area contributed by atoms with Crippen molar-refractivity contribution in [3.8, 4) is 0 Å². The van der Waals surface area contributed by atoms with E-state index in [1.807, 2.05) is 0 Å². The number of urea groups is 1. The van der Waals surface area contributed by atoms with Crippen LogP contribution in [0.25, 0.3) is 0 Å². The Bertz CT molecular complexity index is 611. The van der Waals surface area contributed by atoms with Crippen LogP contribution in [0.15, 0.2) is 48.8 Å². The van der Waals surface area contributed by atoms with Gasteiger partial charge in [0.15, 0.2) is 0 Å². The van der Waals surface area contributed by atoms with Crippen molar-refractivity contribution >= 4 is 23.4 Å². The van der Waals surface area contributed by atoms with Gasteiger partial charge in [0.25, 0.3) is 0 Å². The van der Waals surface area contributed by atoms with E-state index in [0.717, 1.165) is 0 Å². The minimum Gasteiger partial charge on any atom is -0.478 e. The van der Waals surface area contributed by atoms with E-state index in [4.69, 9.17) is 5.11 Å². The second kappa shape index (κ2) is 5.83. The van der Waals surface area contributed by atoms with Gasteiger partial charge in [0.1, 0.15) is 0 Å². The molecule has 6 heteroatoms. The molecular weight excluding hydrogens is 258 g/mol. The van der Waals surface area contributed by atoms with Crippen molar-refractivity contribution < 1.29 is 14.7 Å². The van der Waals surface area contributed by atoms with E-state index < -0.39 is 5.97 Å². The maximum atomic E-state index is 12.0. The lowest BCUT2D eigenvalue weighted by atomic mass is 10.2. The Morgan fingerprint density at radius 2 is 1.90 bits per heavy atom. The van der Waals surface area contributed by atoms with Gasteiger partial charge < -0.3 is 10.4 Å². The zero-order valence-corrected chi connectivity index (χ0v) is 10.8. The van der Waals surface area contributed by atoms with E-state index in [-0.39, 0.29) is 11.6 Å². The summed E-state index contributed by atoms with van der Waals surface area (Å²) in [7, 11) is 1.62. The van der Waals surface area contributed by atoms with Crippen molar-refractivity contribution in [3.63, 3.8) is 0 Å². The van der Waals surface area contributed by atoms with E-state index in [0.29, 0.717) is 11.4 Å². The molecule has 0 bridgehead atoms. The van der Waals surface area contributed by atoms with Crippen LogP contribution in [-0.4, -0.2) is 29.1 Å². The third kappa shape index (κ3) is 3.11. The molecule has 2 amide bonds. The fourth-order valence-electron chi connectivity index (χ4n) is 1.57. The summed E-state index contributed by atoms with van der Waals surface area (Å²) in [6.07, 6.45) is 3.20. The molecular formula is C14H13N3O3. The first-order chi connectivity index (χ1) is 9.58. The fraction of sp³-hybridized carbons (Fsp3) is 0.0714. The maximum absolute atomic E-state index is 12.0. The number of aromatic nitrogens is 1. The fourth-order valence-corrected chi connectivity index (χ4v) is 1.57. The number of carboxylic acids is 1. The molecule has 102 valence electrons. The summed E-state index contributed by atoms with van der Waals surface area (Å²) >= 11 is 0. The SMILES string of the molecule is CN(C(=O)Nc1ccc(C(=O)O)cc1)c1cccnc1. The Balaban J connectivity index is 2.06. The molecule has 20 heavy (non-hydrogen) atoms. The highest BCUT2D eigenvalue weighted by molar-refractivity contribution is 6.01. The highest BCUT2D eigenvalue weighted by Crippen LogP contribution is 2.13. The van der Waals surface area contributed by atoms with Crippen LogP contribution in [0.1, 0.15) is 10.4 Å². The van der Waals surface area contributed by atoms with Crippen molar-refractivity contribution in [1.82, 2.24) is 4.98 Å². The molecule has 2 N–H and O–H groups in total. The van der Waals surface area contributed by atoms with E-state index >= 15 is 0 Å². The Morgan fingerprint density at radius 3 is 2.45 bits per heavy atom. The van der Waals surface area contributed by atoms with Crippen molar-refractivity contribution in [1.29, 1.82) is 0 Å². The summed E-state index contributed by atoms with van der Waals surface area (Å²) < 4.78 is 0. The number of benzene rings is 1. The molecule has 0 spiro atoms. The standard InChI is InChI=1S/C14H13N3O3/c1-17(12-3-2-8-15-9-12)14(20)16-11-6-4-10(5-7-11)13(18)19/h2-9H,1H3,(H,16,20)(H,18,19). The average Bonchev–Trinajstić information content (AvgIpc) is 2.48. The molecule has 0 aliphatic rings. The van der Waals surface area contributed by atoms with Gasteiger partial charge in [0.2, 0.25) is 0 Å². The lowest BCUT2D eigenvalue weighted by Gasteiger charge is -2.17. The molecule has 0 radical (unpaired) electrons. The summed E-state index contributed by atoms with van der Waals surface area (Å²) in [5.74, 6) is -1.00. The third-order valence-corrected chi connectivity index (χ3v) is 2.72. The quantitative estimate of drug-likeness (QED) is 0.898. The van der Waals surface area contributed by atoms with E-state index in [1.165, 1.54) is 17.0 Å². The minimum atomic E-state index is -1.00. The van der Waals surface area contributed by atoms with Crippen molar-refractivity contribution in [2.24, 2.45) is 0 Å². The Labute approximate surface area is 115 Å². The number of amides is 2. The number of carboxylic acid groups (broad SMARTS) is 1. The van der Waals surface area contributed by atoms with Crippen molar-refractivity contribution in [2.75, 3.05) is 17.3 Å². The van der Waals surface area contributed by atoms with Crippen LogP contribution >= 0.6 is 0 Å².